The van der Waals surface area contributed by atoms with Crippen LogP contribution in [0.15, 0.2) is 29.6 Å². The Bertz CT molecular complexity index is 694. The summed E-state index contributed by atoms with van der Waals surface area (Å²) >= 11 is 1.52. The van der Waals surface area contributed by atoms with E-state index >= 15 is 0 Å². The van der Waals surface area contributed by atoms with Crippen LogP contribution in [0.1, 0.15) is 46.1 Å². The Morgan fingerprint density at radius 3 is 2.50 bits per heavy atom. The number of nitrogens with zero attached hydrogens (tertiary/aromatic N) is 1. The minimum Gasteiger partial charge on any atom is -0.489 e. The van der Waals surface area contributed by atoms with Crippen LogP contribution in [0.5, 0.6) is 5.75 Å². The standard InChI is InChI=1S/C20H25NO2S/c1-14-4-6-21(7-5-14)20(22)19-11-17(13-24-19)12-23-18-9-15(2)8-16(3)10-18/h8-11,13-14H,4-7,12H2,1-3H3. The maximum atomic E-state index is 12.6. The van der Waals surface area contributed by atoms with Crippen LogP contribution in [0, 0.1) is 19.8 Å². The van der Waals surface area contributed by atoms with Crippen molar-refractivity contribution >= 4 is 17.2 Å². The fraction of sp³-hybridized carbons (Fsp3) is 0.450. The Hall–Kier alpha value is -1.81. The summed E-state index contributed by atoms with van der Waals surface area (Å²) in [6, 6.07) is 8.20. The second-order valence-electron chi connectivity index (χ2n) is 6.91. The molecule has 1 aliphatic heterocycles. The van der Waals surface area contributed by atoms with Crippen LogP contribution < -0.4 is 4.74 Å². The van der Waals surface area contributed by atoms with Crippen molar-refractivity contribution in [2.45, 2.75) is 40.2 Å². The van der Waals surface area contributed by atoms with Crippen LogP contribution in [0.2, 0.25) is 0 Å². The zero-order valence-corrected chi connectivity index (χ0v) is 15.5. The molecule has 2 heterocycles. The van der Waals surface area contributed by atoms with Crippen molar-refractivity contribution in [3.63, 3.8) is 0 Å². The molecule has 0 unspecified atom stereocenters. The quantitative estimate of drug-likeness (QED) is 0.797. The van der Waals surface area contributed by atoms with Gasteiger partial charge in [0.25, 0.3) is 5.91 Å². The molecule has 0 spiro atoms. The molecule has 0 aliphatic carbocycles. The summed E-state index contributed by atoms with van der Waals surface area (Å²) in [5.41, 5.74) is 3.46. The van der Waals surface area contributed by atoms with Gasteiger partial charge in [0.05, 0.1) is 4.88 Å². The number of likely N-dealkylation sites (tertiary alicyclic amines) is 1. The summed E-state index contributed by atoms with van der Waals surface area (Å²) in [6.07, 6.45) is 2.22. The van der Waals surface area contributed by atoms with Crippen molar-refractivity contribution in [3.05, 3.63) is 51.2 Å². The lowest BCUT2D eigenvalue weighted by molar-refractivity contribution is 0.0702. The van der Waals surface area contributed by atoms with Crippen molar-refractivity contribution in [1.82, 2.24) is 4.90 Å². The molecular weight excluding hydrogens is 318 g/mol. The molecule has 0 radical (unpaired) electrons. The van der Waals surface area contributed by atoms with Crippen molar-refractivity contribution < 1.29 is 9.53 Å². The normalized spacial score (nSPS) is 15.5. The van der Waals surface area contributed by atoms with Gasteiger partial charge in [-0.2, -0.15) is 0 Å². The molecule has 4 heteroatoms. The van der Waals surface area contributed by atoms with E-state index in [1.807, 2.05) is 28.5 Å². The minimum absolute atomic E-state index is 0.171. The number of hydrogen-bond acceptors (Lipinski definition) is 3. The lowest BCUT2D eigenvalue weighted by Gasteiger charge is -2.29. The molecule has 2 aromatic rings. The third-order valence-corrected chi connectivity index (χ3v) is 5.50. The van der Waals surface area contributed by atoms with Crippen LogP contribution in [-0.2, 0) is 6.61 Å². The molecule has 128 valence electrons. The number of rotatable bonds is 4. The SMILES string of the molecule is Cc1cc(C)cc(OCc2csc(C(=O)N3CCC(C)CC3)c2)c1. The molecule has 3 rings (SSSR count). The molecule has 1 aliphatic rings. The lowest BCUT2D eigenvalue weighted by Crippen LogP contribution is -2.37. The summed E-state index contributed by atoms with van der Waals surface area (Å²) in [6.45, 7) is 8.67. The highest BCUT2D eigenvalue weighted by atomic mass is 32.1. The molecule has 0 saturated carbocycles. The van der Waals surface area contributed by atoms with Gasteiger partial charge in [-0.25, -0.2) is 0 Å². The highest BCUT2D eigenvalue weighted by molar-refractivity contribution is 7.12. The fourth-order valence-corrected chi connectivity index (χ4v) is 3.98. The zero-order valence-electron chi connectivity index (χ0n) is 14.7. The van der Waals surface area contributed by atoms with Gasteiger partial charge < -0.3 is 9.64 Å². The summed E-state index contributed by atoms with van der Waals surface area (Å²) in [5.74, 6) is 1.79. The van der Waals surface area contributed by atoms with E-state index in [1.165, 1.54) is 22.5 Å². The van der Waals surface area contributed by atoms with Gasteiger partial charge in [-0.15, -0.1) is 11.3 Å². The third kappa shape index (κ3) is 4.18. The average Bonchev–Trinajstić information content (AvgIpc) is 3.01. The third-order valence-electron chi connectivity index (χ3n) is 4.54. The van der Waals surface area contributed by atoms with Gasteiger partial charge in [0.1, 0.15) is 12.4 Å². The number of hydrogen-bond donors (Lipinski definition) is 0. The molecule has 1 saturated heterocycles. The Kier molecular flexibility index (Phi) is 5.24. The minimum atomic E-state index is 0.171. The van der Waals surface area contributed by atoms with Crippen LogP contribution in [0.3, 0.4) is 0 Å². The molecule has 1 amide bonds. The van der Waals surface area contributed by atoms with Gasteiger partial charge in [-0.1, -0.05) is 13.0 Å². The Balaban J connectivity index is 1.60. The number of aryl methyl sites for hydroxylation is 2. The van der Waals surface area contributed by atoms with Gasteiger partial charge in [-0.3, -0.25) is 4.79 Å². The smallest absolute Gasteiger partial charge is 0.263 e. The van der Waals surface area contributed by atoms with Gasteiger partial charge >= 0.3 is 0 Å². The molecule has 1 aromatic carbocycles. The first-order valence-electron chi connectivity index (χ1n) is 8.59. The van der Waals surface area contributed by atoms with E-state index < -0.39 is 0 Å². The van der Waals surface area contributed by atoms with E-state index in [1.54, 1.807) is 0 Å². The number of carbonyl (C=O) groups is 1. The highest BCUT2D eigenvalue weighted by Crippen LogP contribution is 2.23. The van der Waals surface area contributed by atoms with E-state index in [9.17, 15) is 4.79 Å². The topological polar surface area (TPSA) is 29.5 Å². The number of benzene rings is 1. The van der Waals surface area contributed by atoms with E-state index in [0.29, 0.717) is 6.61 Å². The summed E-state index contributed by atoms with van der Waals surface area (Å²) in [4.78, 5) is 15.4. The Morgan fingerprint density at radius 2 is 1.83 bits per heavy atom. The molecular formula is C20H25NO2S. The maximum Gasteiger partial charge on any atom is 0.263 e. The van der Waals surface area contributed by atoms with E-state index in [4.69, 9.17) is 4.74 Å². The van der Waals surface area contributed by atoms with Crippen LogP contribution in [0.4, 0.5) is 0 Å². The van der Waals surface area contributed by atoms with Crippen molar-refractivity contribution in [2.75, 3.05) is 13.1 Å². The van der Waals surface area contributed by atoms with Gasteiger partial charge in [0.2, 0.25) is 0 Å². The van der Waals surface area contributed by atoms with Crippen molar-refractivity contribution in [2.24, 2.45) is 5.92 Å². The second-order valence-corrected chi connectivity index (χ2v) is 7.82. The molecule has 24 heavy (non-hydrogen) atoms. The van der Waals surface area contributed by atoms with Crippen LogP contribution >= 0.6 is 11.3 Å². The van der Waals surface area contributed by atoms with Gasteiger partial charge in [0, 0.05) is 18.7 Å². The fourth-order valence-electron chi connectivity index (χ4n) is 3.11. The first kappa shape index (κ1) is 17.0. The van der Waals surface area contributed by atoms with Gasteiger partial charge in [0.15, 0.2) is 0 Å². The molecule has 0 N–H and O–H groups in total. The largest absolute Gasteiger partial charge is 0.489 e. The maximum absolute atomic E-state index is 12.6. The highest BCUT2D eigenvalue weighted by Gasteiger charge is 2.22. The Morgan fingerprint density at radius 1 is 1.17 bits per heavy atom. The summed E-state index contributed by atoms with van der Waals surface area (Å²) in [7, 11) is 0. The van der Waals surface area contributed by atoms with Gasteiger partial charge in [-0.05, 0) is 67.3 Å². The molecule has 1 aromatic heterocycles. The number of carbonyl (C=O) groups excluding carboxylic acids is 1. The van der Waals surface area contributed by atoms with E-state index in [2.05, 4.69) is 26.8 Å². The molecule has 1 fully saturated rings. The first-order chi connectivity index (χ1) is 11.5. The number of thiophene rings is 1. The predicted molar refractivity (Wildman–Crippen MR) is 98.9 cm³/mol. The zero-order chi connectivity index (χ0) is 17.1. The molecule has 0 atom stereocenters. The summed E-state index contributed by atoms with van der Waals surface area (Å²) < 4.78 is 5.89. The Labute approximate surface area is 148 Å². The van der Waals surface area contributed by atoms with Crippen LogP contribution in [-0.4, -0.2) is 23.9 Å². The summed E-state index contributed by atoms with van der Waals surface area (Å²) in [5, 5.41) is 2.03. The monoisotopic (exact) mass is 343 g/mol. The molecule has 0 bridgehead atoms. The van der Waals surface area contributed by atoms with E-state index in [-0.39, 0.29) is 5.91 Å². The molecule has 3 nitrogen and oxygen atoms in total. The predicted octanol–water partition coefficient (Wildman–Crippen LogP) is 4.82. The van der Waals surface area contributed by atoms with Crippen molar-refractivity contribution in [1.29, 1.82) is 0 Å². The number of amides is 1. The number of ether oxygens (including phenoxy) is 1. The van der Waals surface area contributed by atoms with E-state index in [0.717, 1.165) is 48.0 Å². The average molecular weight is 343 g/mol. The lowest BCUT2D eigenvalue weighted by atomic mass is 9.99. The van der Waals surface area contributed by atoms with Crippen molar-refractivity contribution in [3.8, 4) is 5.75 Å². The second kappa shape index (κ2) is 7.39. The van der Waals surface area contributed by atoms with Crippen LogP contribution in [0.25, 0.3) is 0 Å². The first-order valence-corrected chi connectivity index (χ1v) is 9.47. The number of piperidine rings is 1.